The molecule has 106 valence electrons. The molecule has 3 nitrogen and oxygen atoms in total. The van der Waals surface area contributed by atoms with Crippen molar-refractivity contribution in [1.29, 1.82) is 5.26 Å². The van der Waals surface area contributed by atoms with E-state index in [1.165, 1.54) is 41.4 Å². The van der Waals surface area contributed by atoms with Gasteiger partial charge in [-0.25, -0.2) is 8.42 Å². The van der Waals surface area contributed by atoms with E-state index in [1.54, 1.807) is 6.07 Å². The molecular formula is C15H10ClNO2S2. The first-order valence-corrected chi connectivity index (χ1v) is 8.61. The average molecular weight is 336 g/mol. The lowest BCUT2D eigenvalue weighted by molar-refractivity contribution is 0.603. The van der Waals surface area contributed by atoms with Crippen LogP contribution >= 0.6 is 23.4 Å². The van der Waals surface area contributed by atoms with E-state index < -0.39 is 9.84 Å². The summed E-state index contributed by atoms with van der Waals surface area (Å²) in [4.78, 5) is 0.614. The van der Waals surface area contributed by atoms with Gasteiger partial charge >= 0.3 is 0 Å². The molecule has 0 unspecified atom stereocenters. The summed E-state index contributed by atoms with van der Waals surface area (Å²) in [6.07, 6.45) is 0. The van der Waals surface area contributed by atoms with Crippen molar-refractivity contribution in [3.8, 4) is 6.07 Å². The fraction of sp³-hybridized carbons (Fsp3) is 0. The van der Waals surface area contributed by atoms with Crippen LogP contribution in [-0.4, -0.2) is 8.42 Å². The van der Waals surface area contributed by atoms with Gasteiger partial charge in [0, 0.05) is 15.3 Å². The molecule has 0 bridgehead atoms. The van der Waals surface area contributed by atoms with E-state index in [-0.39, 0.29) is 9.80 Å². The Hall–Kier alpha value is -1.74. The lowest BCUT2D eigenvalue weighted by Crippen LogP contribution is -2.02. The smallest absolute Gasteiger partial charge is 0.217 e. The molecule has 2 aromatic rings. The molecule has 0 aromatic heterocycles. The standard InChI is InChI=1S/C15H10ClNO2S2/c16-12-6-8-14(9-7-12)21(18,19)15(10-17)11-20-13-4-2-1-3-5-13/h1-9,11H/b15-11+. The van der Waals surface area contributed by atoms with E-state index in [0.29, 0.717) is 5.02 Å². The number of thioether (sulfide) groups is 1. The topological polar surface area (TPSA) is 57.9 Å². The summed E-state index contributed by atoms with van der Waals surface area (Å²) in [5.74, 6) is 0. The van der Waals surface area contributed by atoms with Crippen LogP contribution in [0, 0.1) is 11.3 Å². The van der Waals surface area contributed by atoms with Gasteiger partial charge in [0.15, 0.2) is 4.91 Å². The maximum Gasteiger partial charge on any atom is 0.217 e. The van der Waals surface area contributed by atoms with Crippen molar-refractivity contribution in [2.75, 3.05) is 0 Å². The minimum Gasteiger partial charge on any atom is -0.218 e. The molecule has 0 saturated heterocycles. The average Bonchev–Trinajstić information content (AvgIpc) is 2.49. The van der Waals surface area contributed by atoms with Gasteiger partial charge in [-0.05, 0) is 36.4 Å². The highest BCUT2D eigenvalue weighted by Gasteiger charge is 2.20. The second-order valence-corrected chi connectivity index (χ2v) is 7.28. The molecule has 2 aromatic carbocycles. The number of nitriles is 1. The number of halogens is 1. The number of benzene rings is 2. The molecule has 0 amide bonds. The maximum absolute atomic E-state index is 12.3. The van der Waals surface area contributed by atoms with Gasteiger partial charge in [0.25, 0.3) is 0 Å². The van der Waals surface area contributed by atoms with Crippen LogP contribution in [0.1, 0.15) is 0 Å². The number of sulfone groups is 1. The Labute approximate surface area is 132 Å². The highest BCUT2D eigenvalue weighted by molar-refractivity contribution is 8.03. The first kappa shape index (κ1) is 15.6. The number of hydrogen-bond acceptors (Lipinski definition) is 4. The van der Waals surface area contributed by atoms with Gasteiger partial charge < -0.3 is 0 Å². The lowest BCUT2D eigenvalue weighted by atomic mass is 10.4. The highest BCUT2D eigenvalue weighted by Crippen LogP contribution is 2.26. The fourth-order valence-corrected chi connectivity index (χ4v) is 3.77. The monoisotopic (exact) mass is 335 g/mol. The van der Waals surface area contributed by atoms with Crippen LogP contribution in [0.2, 0.25) is 5.02 Å². The van der Waals surface area contributed by atoms with Crippen molar-refractivity contribution >= 4 is 33.2 Å². The summed E-state index contributed by atoms with van der Waals surface area (Å²) >= 11 is 6.93. The van der Waals surface area contributed by atoms with Crippen molar-refractivity contribution in [2.45, 2.75) is 9.79 Å². The number of hydrogen-bond donors (Lipinski definition) is 0. The fourth-order valence-electron chi connectivity index (χ4n) is 1.51. The zero-order valence-electron chi connectivity index (χ0n) is 10.7. The Kier molecular flexibility index (Phi) is 5.07. The Morgan fingerprint density at radius 3 is 2.29 bits per heavy atom. The molecule has 0 aliphatic carbocycles. The van der Waals surface area contributed by atoms with E-state index in [1.807, 2.05) is 30.3 Å². The zero-order chi connectivity index (χ0) is 15.3. The summed E-state index contributed by atoms with van der Waals surface area (Å²) in [5.41, 5.74) is 0. The molecular weight excluding hydrogens is 326 g/mol. The third kappa shape index (κ3) is 3.88. The van der Waals surface area contributed by atoms with Crippen LogP contribution in [0.25, 0.3) is 0 Å². The van der Waals surface area contributed by atoms with Crippen molar-refractivity contribution in [2.24, 2.45) is 0 Å². The van der Waals surface area contributed by atoms with Crippen LogP contribution < -0.4 is 0 Å². The summed E-state index contributed by atoms with van der Waals surface area (Å²) in [6.45, 7) is 0. The second kappa shape index (κ2) is 6.81. The Morgan fingerprint density at radius 1 is 1.10 bits per heavy atom. The first-order valence-electron chi connectivity index (χ1n) is 5.86. The van der Waals surface area contributed by atoms with Gasteiger partial charge in [-0.1, -0.05) is 41.6 Å². The van der Waals surface area contributed by atoms with E-state index in [4.69, 9.17) is 16.9 Å². The van der Waals surface area contributed by atoms with E-state index in [9.17, 15) is 8.42 Å². The molecule has 2 rings (SSSR count). The molecule has 0 radical (unpaired) electrons. The lowest BCUT2D eigenvalue weighted by Gasteiger charge is -2.03. The first-order chi connectivity index (χ1) is 10.0. The normalized spacial score (nSPS) is 11.9. The molecule has 6 heteroatoms. The van der Waals surface area contributed by atoms with Gasteiger partial charge in [-0.3, -0.25) is 0 Å². The summed E-state index contributed by atoms with van der Waals surface area (Å²) in [6, 6.07) is 16.7. The molecule has 0 saturated carbocycles. The predicted molar refractivity (Wildman–Crippen MR) is 84.6 cm³/mol. The van der Waals surface area contributed by atoms with Crippen LogP contribution in [-0.2, 0) is 9.84 Å². The van der Waals surface area contributed by atoms with Crippen LogP contribution in [0.3, 0.4) is 0 Å². The number of nitrogens with zero attached hydrogens (tertiary/aromatic N) is 1. The second-order valence-electron chi connectivity index (χ2n) is 3.98. The van der Waals surface area contributed by atoms with Gasteiger partial charge in [0.05, 0.1) is 4.90 Å². The molecule has 0 heterocycles. The molecule has 0 aliphatic rings. The van der Waals surface area contributed by atoms with Gasteiger partial charge in [-0.15, -0.1) is 0 Å². The third-order valence-corrected chi connectivity index (χ3v) is 5.55. The van der Waals surface area contributed by atoms with Gasteiger partial charge in [0.2, 0.25) is 9.84 Å². The molecule has 21 heavy (non-hydrogen) atoms. The van der Waals surface area contributed by atoms with E-state index >= 15 is 0 Å². The molecule has 0 spiro atoms. The predicted octanol–water partition coefficient (Wildman–Crippen LogP) is 4.27. The minimum absolute atomic E-state index is 0.0494. The quantitative estimate of drug-likeness (QED) is 0.618. The maximum atomic E-state index is 12.3. The zero-order valence-corrected chi connectivity index (χ0v) is 13.1. The van der Waals surface area contributed by atoms with Crippen molar-refractivity contribution < 1.29 is 8.42 Å². The highest BCUT2D eigenvalue weighted by atomic mass is 35.5. The number of allylic oxidation sites excluding steroid dienone is 1. The Balaban J connectivity index is 2.32. The molecule has 0 atom stereocenters. The molecule has 0 aliphatic heterocycles. The summed E-state index contributed by atoms with van der Waals surface area (Å²) < 4.78 is 24.7. The van der Waals surface area contributed by atoms with Crippen molar-refractivity contribution in [3.63, 3.8) is 0 Å². The van der Waals surface area contributed by atoms with Crippen LogP contribution in [0.15, 0.2) is 74.7 Å². The molecule has 0 fully saturated rings. The Bertz CT molecular complexity index is 792. The largest absolute Gasteiger partial charge is 0.218 e. The van der Waals surface area contributed by atoms with Gasteiger partial charge in [-0.2, -0.15) is 5.26 Å². The Morgan fingerprint density at radius 2 is 1.71 bits per heavy atom. The van der Waals surface area contributed by atoms with Crippen LogP contribution in [0.5, 0.6) is 0 Å². The number of rotatable bonds is 4. The van der Waals surface area contributed by atoms with Crippen LogP contribution in [0.4, 0.5) is 0 Å². The van der Waals surface area contributed by atoms with E-state index in [2.05, 4.69) is 0 Å². The van der Waals surface area contributed by atoms with Crippen molar-refractivity contribution in [1.82, 2.24) is 0 Å². The third-order valence-electron chi connectivity index (χ3n) is 2.57. The summed E-state index contributed by atoms with van der Waals surface area (Å²) in [7, 11) is -3.82. The van der Waals surface area contributed by atoms with E-state index in [0.717, 1.165) is 4.90 Å². The summed E-state index contributed by atoms with van der Waals surface area (Å²) in [5, 5.41) is 10.9. The molecule has 0 N–H and O–H groups in total. The van der Waals surface area contributed by atoms with Crippen molar-refractivity contribution in [3.05, 3.63) is 69.9 Å². The minimum atomic E-state index is -3.82. The van der Waals surface area contributed by atoms with Gasteiger partial charge in [0.1, 0.15) is 6.07 Å². The SMILES string of the molecule is N#C/C(=C\Sc1ccccc1)S(=O)(=O)c1ccc(Cl)cc1.